The molecule has 8 heteroatoms. The number of aromatic nitrogens is 2. The minimum atomic E-state index is -0.408. The van der Waals surface area contributed by atoms with Gasteiger partial charge in [-0.3, -0.25) is 4.79 Å². The van der Waals surface area contributed by atoms with Crippen LogP contribution < -0.4 is 0 Å². The molecule has 0 radical (unpaired) electrons. The standard InChI is InChI=1S/C36H34Cl2N2O4/c1-23-22-39-36(38)40-35(23)28-13-11-27(12-14-28)29(19-32(41)30-20-31(37)34(43)21-33(30)42)10-9-26-5-2-4-25(18-26)8-7-24-6-3-16-44-17-15-24/h2,4-5,7,11-14,18-22,42-43H,3,6,8-10,15-17H2,1H3. The van der Waals surface area contributed by atoms with E-state index in [9.17, 15) is 15.0 Å². The molecule has 4 aromatic rings. The number of hydrogen-bond donors (Lipinski definition) is 2. The van der Waals surface area contributed by atoms with Crippen molar-refractivity contribution in [3.8, 4) is 22.8 Å². The summed E-state index contributed by atoms with van der Waals surface area (Å²) in [7, 11) is 0. The Morgan fingerprint density at radius 3 is 2.59 bits per heavy atom. The number of carbonyl (C=O) groups is 1. The first-order valence-electron chi connectivity index (χ1n) is 14.7. The zero-order valence-electron chi connectivity index (χ0n) is 24.5. The predicted octanol–water partition coefficient (Wildman–Crippen LogP) is 8.74. The number of phenols is 2. The van der Waals surface area contributed by atoms with E-state index in [2.05, 4.69) is 40.3 Å². The van der Waals surface area contributed by atoms with Gasteiger partial charge >= 0.3 is 0 Å². The van der Waals surface area contributed by atoms with Crippen LogP contribution in [0.5, 0.6) is 11.5 Å². The number of aromatic hydroxyl groups is 2. The maximum atomic E-state index is 13.4. The number of ether oxygens (including phenoxy) is 1. The van der Waals surface area contributed by atoms with Crippen LogP contribution in [-0.4, -0.2) is 39.2 Å². The number of allylic oxidation sites excluding steroid dienone is 3. The number of aryl methyl sites for hydroxylation is 2. The Morgan fingerprint density at radius 1 is 0.977 bits per heavy atom. The molecule has 44 heavy (non-hydrogen) atoms. The quantitative estimate of drug-likeness (QED) is 0.0833. The summed E-state index contributed by atoms with van der Waals surface area (Å²) in [6, 6.07) is 18.7. The van der Waals surface area contributed by atoms with E-state index < -0.39 is 5.78 Å². The average molecular weight is 630 g/mol. The number of benzene rings is 3. The zero-order chi connectivity index (χ0) is 31.1. The maximum absolute atomic E-state index is 13.4. The maximum Gasteiger partial charge on any atom is 0.222 e. The lowest BCUT2D eigenvalue weighted by atomic mass is 9.93. The van der Waals surface area contributed by atoms with E-state index in [1.807, 2.05) is 31.2 Å². The number of rotatable bonds is 9. The first-order chi connectivity index (χ1) is 21.3. The summed E-state index contributed by atoms with van der Waals surface area (Å²) in [6.45, 7) is 3.55. The van der Waals surface area contributed by atoms with Crippen LogP contribution in [-0.2, 0) is 17.6 Å². The number of phenolic OH excluding ortho intramolecular Hbond substituents is 2. The van der Waals surface area contributed by atoms with Gasteiger partial charge in [-0.25, -0.2) is 9.97 Å². The molecule has 0 saturated carbocycles. The molecule has 2 N–H and O–H groups in total. The van der Waals surface area contributed by atoms with Gasteiger partial charge in [0.05, 0.1) is 22.9 Å². The molecule has 0 unspecified atom stereocenters. The van der Waals surface area contributed by atoms with Crippen LogP contribution in [0.3, 0.4) is 0 Å². The fourth-order valence-electron chi connectivity index (χ4n) is 5.33. The molecule has 0 bridgehead atoms. The van der Waals surface area contributed by atoms with Crippen LogP contribution in [0.1, 0.15) is 58.3 Å². The smallest absolute Gasteiger partial charge is 0.222 e. The largest absolute Gasteiger partial charge is 0.507 e. The number of halogens is 2. The van der Waals surface area contributed by atoms with E-state index in [1.54, 1.807) is 6.20 Å². The summed E-state index contributed by atoms with van der Waals surface area (Å²) >= 11 is 12.1. The zero-order valence-corrected chi connectivity index (χ0v) is 26.0. The van der Waals surface area contributed by atoms with E-state index in [0.29, 0.717) is 12.8 Å². The fraction of sp³-hybridized carbons (Fsp3) is 0.250. The molecule has 0 amide bonds. The summed E-state index contributed by atoms with van der Waals surface area (Å²) in [4.78, 5) is 21.8. The Morgan fingerprint density at radius 2 is 1.77 bits per heavy atom. The van der Waals surface area contributed by atoms with Crippen molar-refractivity contribution in [3.63, 3.8) is 0 Å². The highest BCUT2D eigenvalue weighted by atomic mass is 35.5. The molecule has 1 saturated heterocycles. The number of hydrogen-bond acceptors (Lipinski definition) is 6. The van der Waals surface area contributed by atoms with Gasteiger partial charge < -0.3 is 14.9 Å². The third-order valence-electron chi connectivity index (χ3n) is 7.76. The summed E-state index contributed by atoms with van der Waals surface area (Å²) in [5.74, 6) is -1.03. The van der Waals surface area contributed by atoms with Crippen LogP contribution in [0.25, 0.3) is 16.8 Å². The van der Waals surface area contributed by atoms with Crippen molar-refractivity contribution in [2.24, 2.45) is 0 Å². The molecule has 6 nitrogen and oxygen atoms in total. The first-order valence-corrected chi connectivity index (χ1v) is 15.4. The molecule has 1 aliphatic heterocycles. The van der Waals surface area contributed by atoms with Crippen LogP contribution >= 0.6 is 23.2 Å². The topological polar surface area (TPSA) is 92.5 Å². The molecular weight excluding hydrogens is 595 g/mol. The van der Waals surface area contributed by atoms with Gasteiger partial charge in [-0.05, 0) is 97.0 Å². The normalized spacial score (nSPS) is 14.9. The van der Waals surface area contributed by atoms with E-state index in [-0.39, 0.29) is 27.4 Å². The van der Waals surface area contributed by atoms with E-state index >= 15 is 0 Å². The molecule has 1 aromatic heterocycles. The van der Waals surface area contributed by atoms with Crippen molar-refractivity contribution < 1.29 is 19.7 Å². The van der Waals surface area contributed by atoms with Crippen molar-refractivity contribution in [3.05, 3.63) is 123 Å². The summed E-state index contributed by atoms with van der Waals surface area (Å²) in [5.41, 5.74) is 8.07. The van der Waals surface area contributed by atoms with Gasteiger partial charge in [0.25, 0.3) is 0 Å². The first kappa shape index (κ1) is 31.5. The van der Waals surface area contributed by atoms with Gasteiger partial charge in [-0.15, -0.1) is 0 Å². The molecule has 0 atom stereocenters. The summed E-state index contributed by atoms with van der Waals surface area (Å²) < 4.78 is 5.59. The predicted molar refractivity (Wildman–Crippen MR) is 176 cm³/mol. The molecule has 5 rings (SSSR count). The average Bonchev–Trinajstić information content (AvgIpc) is 3.30. The van der Waals surface area contributed by atoms with Gasteiger partial charge in [-0.1, -0.05) is 71.8 Å². The molecule has 1 aliphatic rings. The Hall–Kier alpha value is -3.97. The number of carbonyl (C=O) groups excluding carboxylic acids is 1. The Kier molecular flexibility index (Phi) is 10.5. The van der Waals surface area contributed by atoms with Crippen molar-refractivity contribution in [2.75, 3.05) is 13.2 Å². The Bertz CT molecular complexity index is 1700. The third kappa shape index (κ3) is 8.14. The van der Waals surface area contributed by atoms with Crippen molar-refractivity contribution in [1.29, 1.82) is 0 Å². The van der Waals surface area contributed by atoms with Gasteiger partial charge in [0.1, 0.15) is 11.5 Å². The van der Waals surface area contributed by atoms with Gasteiger partial charge in [0.2, 0.25) is 5.28 Å². The number of ketones is 1. The lowest BCUT2D eigenvalue weighted by molar-refractivity contribution is 0.104. The lowest BCUT2D eigenvalue weighted by Crippen LogP contribution is -2.00. The minimum absolute atomic E-state index is 0.00695. The highest BCUT2D eigenvalue weighted by molar-refractivity contribution is 6.32. The van der Waals surface area contributed by atoms with Crippen molar-refractivity contribution in [1.82, 2.24) is 9.97 Å². The van der Waals surface area contributed by atoms with Gasteiger partial charge in [0, 0.05) is 24.4 Å². The van der Waals surface area contributed by atoms with Crippen molar-refractivity contribution in [2.45, 2.75) is 45.4 Å². The molecule has 3 aromatic carbocycles. The van der Waals surface area contributed by atoms with E-state index in [4.69, 9.17) is 27.9 Å². The highest BCUT2D eigenvalue weighted by Crippen LogP contribution is 2.33. The monoisotopic (exact) mass is 628 g/mol. The van der Waals surface area contributed by atoms with Crippen LogP contribution in [0.15, 0.2) is 84.6 Å². The molecule has 1 fully saturated rings. The summed E-state index contributed by atoms with van der Waals surface area (Å²) in [6.07, 6.45) is 10.9. The van der Waals surface area contributed by atoms with E-state index in [1.165, 1.54) is 28.8 Å². The second kappa shape index (κ2) is 14.7. The third-order valence-corrected chi connectivity index (χ3v) is 8.25. The Balaban J connectivity index is 1.41. The number of nitrogens with zero attached hydrogens (tertiary/aromatic N) is 2. The van der Waals surface area contributed by atoms with Crippen LogP contribution in [0.4, 0.5) is 0 Å². The highest BCUT2D eigenvalue weighted by Gasteiger charge is 2.16. The fourth-order valence-corrected chi connectivity index (χ4v) is 5.62. The molecule has 0 aliphatic carbocycles. The minimum Gasteiger partial charge on any atom is -0.507 e. The molecule has 0 spiro atoms. The van der Waals surface area contributed by atoms with Gasteiger partial charge in [-0.2, -0.15) is 0 Å². The second-order valence-corrected chi connectivity index (χ2v) is 11.7. The molecule has 226 valence electrons. The SMILES string of the molecule is Cc1cnc(Cl)nc1-c1ccc(C(=CC(=O)c2cc(Cl)c(O)cc2O)CCc2cccc(CC=C3CCCOCC3)c2)cc1. The van der Waals surface area contributed by atoms with E-state index in [0.717, 1.165) is 72.9 Å². The second-order valence-electron chi connectivity index (χ2n) is 11.0. The summed E-state index contributed by atoms with van der Waals surface area (Å²) in [5, 5.41) is 20.4. The molecular formula is C36H34Cl2N2O4. The van der Waals surface area contributed by atoms with Crippen molar-refractivity contribution >= 4 is 34.6 Å². The molecule has 2 heterocycles. The van der Waals surface area contributed by atoms with Gasteiger partial charge in [0.15, 0.2) is 5.78 Å². The lowest BCUT2D eigenvalue weighted by Gasteiger charge is -2.12. The van der Waals surface area contributed by atoms with Crippen LogP contribution in [0.2, 0.25) is 10.3 Å². The van der Waals surface area contributed by atoms with Crippen LogP contribution in [0, 0.1) is 6.92 Å². The Labute approximate surface area is 267 Å².